The van der Waals surface area contributed by atoms with Crippen LogP contribution in [0.15, 0.2) is 36.9 Å². The molecule has 1 atom stereocenters. The second-order valence-corrected chi connectivity index (χ2v) is 3.48. The Morgan fingerprint density at radius 3 is 2.80 bits per heavy atom. The van der Waals surface area contributed by atoms with Crippen molar-refractivity contribution in [1.82, 2.24) is 0 Å². The fraction of sp³-hybridized carbons (Fsp3) is 0.308. The van der Waals surface area contributed by atoms with E-state index in [1.807, 2.05) is 38.1 Å². The first-order valence-electron chi connectivity index (χ1n) is 5.01. The lowest BCUT2D eigenvalue weighted by Gasteiger charge is -2.15. The molecule has 0 amide bonds. The fourth-order valence-electron chi connectivity index (χ4n) is 1.47. The minimum atomic E-state index is -0.235. The Morgan fingerprint density at radius 2 is 2.20 bits per heavy atom. The van der Waals surface area contributed by atoms with Gasteiger partial charge >= 0.3 is 5.97 Å². The summed E-state index contributed by atoms with van der Waals surface area (Å²) in [6, 6.07) is 7.89. The maximum atomic E-state index is 11.2. The van der Waals surface area contributed by atoms with Crippen molar-refractivity contribution >= 4 is 5.97 Å². The normalized spacial score (nSPS) is 11.9. The van der Waals surface area contributed by atoms with Crippen LogP contribution in [0.2, 0.25) is 0 Å². The topological polar surface area (TPSA) is 26.3 Å². The molecule has 0 heterocycles. The Hall–Kier alpha value is -1.57. The molecule has 0 aromatic heterocycles. The number of hydrogen-bond acceptors (Lipinski definition) is 2. The highest BCUT2D eigenvalue weighted by molar-refractivity contribution is 5.71. The van der Waals surface area contributed by atoms with E-state index in [1.54, 1.807) is 6.08 Å². The minimum Gasteiger partial charge on any atom is -0.458 e. The molecule has 80 valence electrons. The van der Waals surface area contributed by atoms with Crippen molar-refractivity contribution in [3.05, 3.63) is 48.0 Å². The highest BCUT2D eigenvalue weighted by Gasteiger charge is 2.11. The number of hydrogen-bond donors (Lipinski definition) is 0. The Kier molecular flexibility index (Phi) is 4.10. The van der Waals surface area contributed by atoms with Crippen LogP contribution in [0.3, 0.4) is 0 Å². The van der Waals surface area contributed by atoms with Crippen LogP contribution < -0.4 is 0 Å². The average Bonchev–Trinajstić information content (AvgIpc) is 2.18. The second-order valence-electron chi connectivity index (χ2n) is 3.48. The van der Waals surface area contributed by atoms with Crippen LogP contribution in [0.1, 0.15) is 30.6 Å². The molecule has 2 heteroatoms. The summed E-state index contributed by atoms with van der Waals surface area (Å²) in [5, 5.41) is 0. The SMILES string of the molecule is C=CCC(=O)OC(C)c1ccccc1C. The van der Waals surface area contributed by atoms with Crippen molar-refractivity contribution in [3.8, 4) is 0 Å². The third-order valence-corrected chi connectivity index (χ3v) is 2.25. The summed E-state index contributed by atoms with van der Waals surface area (Å²) >= 11 is 0. The summed E-state index contributed by atoms with van der Waals surface area (Å²) in [4.78, 5) is 11.2. The Bertz CT molecular complexity index is 355. The van der Waals surface area contributed by atoms with E-state index in [1.165, 1.54) is 0 Å². The molecule has 0 aliphatic heterocycles. The van der Waals surface area contributed by atoms with Crippen LogP contribution >= 0.6 is 0 Å². The standard InChI is InChI=1S/C13H16O2/c1-4-7-13(14)15-11(3)12-9-6-5-8-10(12)2/h4-6,8-9,11H,1,7H2,2-3H3. The molecule has 0 aliphatic carbocycles. The van der Waals surface area contributed by atoms with Gasteiger partial charge in [-0.3, -0.25) is 4.79 Å². The molecule has 0 spiro atoms. The lowest BCUT2D eigenvalue weighted by atomic mass is 10.0. The van der Waals surface area contributed by atoms with Gasteiger partial charge in [0, 0.05) is 0 Å². The van der Waals surface area contributed by atoms with Crippen molar-refractivity contribution in [1.29, 1.82) is 0 Å². The number of carbonyl (C=O) groups excluding carboxylic acids is 1. The van der Waals surface area contributed by atoms with Gasteiger partial charge in [-0.2, -0.15) is 0 Å². The van der Waals surface area contributed by atoms with Gasteiger partial charge in [0.2, 0.25) is 0 Å². The summed E-state index contributed by atoms with van der Waals surface area (Å²) in [6.07, 6.45) is 1.61. The van der Waals surface area contributed by atoms with E-state index >= 15 is 0 Å². The van der Waals surface area contributed by atoms with Gasteiger partial charge in [-0.1, -0.05) is 30.3 Å². The number of aryl methyl sites for hydroxylation is 1. The quantitative estimate of drug-likeness (QED) is 0.556. The van der Waals surface area contributed by atoms with Crippen molar-refractivity contribution in [2.45, 2.75) is 26.4 Å². The molecular weight excluding hydrogens is 188 g/mol. The molecule has 0 N–H and O–H groups in total. The van der Waals surface area contributed by atoms with Crippen molar-refractivity contribution in [2.24, 2.45) is 0 Å². The first-order chi connectivity index (χ1) is 7.15. The lowest BCUT2D eigenvalue weighted by molar-refractivity contribution is -0.147. The third kappa shape index (κ3) is 3.24. The number of esters is 1. The van der Waals surface area contributed by atoms with Crippen LogP contribution in [0.5, 0.6) is 0 Å². The Labute approximate surface area is 90.6 Å². The number of carbonyl (C=O) groups is 1. The summed E-state index contributed by atoms with van der Waals surface area (Å²) < 4.78 is 5.25. The molecule has 15 heavy (non-hydrogen) atoms. The molecule has 1 aromatic rings. The maximum Gasteiger partial charge on any atom is 0.310 e. The smallest absolute Gasteiger partial charge is 0.310 e. The van der Waals surface area contributed by atoms with Crippen LogP contribution in [0, 0.1) is 6.92 Å². The van der Waals surface area contributed by atoms with E-state index in [-0.39, 0.29) is 18.5 Å². The molecule has 2 nitrogen and oxygen atoms in total. The van der Waals surface area contributed by atoms with Gasteiger partial charge in [-0.15, -0.1) is 6.58 Å². The van der Waals surface area contributed by atoms with Gasteiger partial charge in [-0.05, 0) is 25.0 Å². The van der Waals surface area contributed by atoms with Gasteiger partial charge in [0.25, 0.3) is 0 Å². The summed E-state index contributed by atoms with van der Waals surface area (Å²) in [5.41, 5.74) is 2.19. The van der Waals surface area contributed by atoms with Gasteiger partial charge in [0.05, 0.1) is 6.42 Å². The van der Waals surface area contributed by atoms with Crippen LogP contribution in [0.25, 0.3) is 0 Å². The van der Waals surface area contributed by atoms with Crippen molar-refractivity contribution in [2.75, 3.05) is 0 Å². The zero-order valence-electron chi connectivity index (χ0n) is 9.19. The summed E-state index contributed by atoms with van der Waals surface area (Å²) in [6.45, 7) is 7.38. The van der Waals surface area contributed by atoms with Gasteiger partial charge in [0.1, 0.15) is 6.10 Å². The van der Waals surface area contributed by atoms with Crippen molar-refractivity contribution < 1.29 is 9.53 Å². The zero-order chi connectivity index (χ0) is 11.3. The highest BCUT2D eigenvalue weighted by atomic mass is 16.5. The molecule has 0 bridgehead atoms. The number of benzene rings is 1. The molecule has 0 radical (unpaired) electrons. The predicted octanol–water partition coefficient (Wildman–Crippen LogP) is 3.18. The molecular formula is C13H16O2. The van der Waals surface area contributed by atoms with E-state index in [2.05, 4.69) is 6.58 Å². The molecule has 0 saturated carbocycles. The second kappa shape index (κ2) is 5.35. The van der Waals surface area contributed by atoms with E-state index in [9.17, 15) is 4.79 Å². The number of ether oxygens (including phenoxy) is 1. The first kappa shape index (κ1) is 11.5. The largest absolute Gasteiger partial charge is 0.458 e. The van der Waals surface area contributed by atoms with E-state index < -0.39 is 0 Å². The molecule has 1 unspecified atom stereocenters. The van der Waals surface area contributed by atoms with E-state index in [4.69, 9.17) is 4.74 Å². The molecule has 0 fully saturated rings. The van der Waals surface area contributed by atoms with Crippen LogP contribution in [-0.4, -0.2) is 5.97 Å². The maximum absolute atomic E-state index is 11.2. The number of rotatable bonds is 4. The average molecular weight is 204 g/mol. The van der Waals surface area contributed by atoms with Crippen molar-refractivity contribution in [3.63, 3.8) is 0 Å². The third-order valence-electron chi connectivity index (χ3n) is 2.25. The fourth-order valence-corrected chi connectivity index (χ4v) is 1.47. The molecule has 1 aromatic carbocycles. The van der Waals surface area contributed by atoms with E-state index in [0.29, 0.717) is 0 Å². The van der Waals surface area contributed by atoms with Gasteiger partial charge in [0.15, 0.2) is 0 Å². The Balaban J connectivity index is 2.69. The monoisotopic (exact) mass is 204 g/mol. The van der Waals surface area contributed by atoms with Crippen LogP contribution in [-0.2, 0) is 9.53 Å². The molecule has 0 aliphatic rings. The zero-order valence-corrected chi connectivity index (χ0v) is 9.19. The molecule has 0 saturated heterocycles. The lowest BCUT2D eigenvalue weighted by Crippen LogP contribution is -2.08. The minimum absolute atomic E-state index is 0.196. The first-order valence-corrected chi connectivity index (χ1v) is 5.01. The molecule has 1 rings (SSSR count). The van der Waals surface area contributed by atoms with E-state index in [0.717, 1.165) is 11.1 Å². The van der Waals surface area contributed by atoms with Gasteiger partial charge in [-0.25, -0.2) is 0 Å². The van der Waals surface area contributed by atoms with Crippen LogP contribution in [0.4, 0.5) is 0 Å². The summed E-state index contributed by atoms with van der Waals surface area (Å²) in [5.74, 6) is -0.235. The predicted molar refractivity (Wildman–Crippen MR) is 60.5 cm³/mol. The van der Waals surface area contributed by atoms with Gasteiger partial charge < -0.3 is 4.74 Å². The Morgan fingerprint density at radius 1 is 1.53 bits per heavy atom. The highest BCUT2D eigenvalue weighted by Crippen LogP contribution is 2.20. The summed E-state index contributed by atoms with van der Waals surface area (Å²) in [7, 11) is 0.